The molecule has 0 aliphatic rings. The summed E-state index contributed by atoms with van der Waals surface area (Å²) in [7, 11) is -1.23. The molecule has 1 rings (SSSR count). The van der Waals surface area contributed by atoms with Gasteiger partial charge in [-0.15, -0.1) is 9.42 Å². The van der Waals surface area contributed by atoms with Crippen LogP contribution in [0.5, 0.6) is 0 Å². The molecule has 2 N–H and O–H groups in total. The first kappa shape index (κ1) is 16.7. The van der Waals surface area contributed by atoms with E-state index in [9.17, 15) is 14.2 Å². The van der Waals surface area contributed by atoms with Gasteiger partial charge in [-0.2, -0.15) is 0 Å². The number of ether oxygens (including phenoxy) is 2. The molecule has 20 heavy (non-hydrogen) atoms. The van der Waals surface area contributed by atoms with Crippen LogP contribution in [0.2, 0.25) is 0 Å². The highest BCUT2D eigenvalue weighted by molar-refractivity contribution is 7.32. The summed E-state index contributed by atoms with van der Waals surface area (Å²) in [6.07, 6.45) is 0.835. The molecule has 2 unspecified atom stereocenters. The molecule has 9 nitrogen and oxygen atoms in total. The van der Waals surface area contributed by atoms with E-state index in [0.717, 1.165) is 0 Å². The number of methoxy groups -OCH3 is 1. The number of nitrogens with zero attached hydrogens (tertiary/aromatic N) is 1. The highest BCUT2D eigenvalue weighted by Crippen LogP contribution is 2.15. The fourth-order valence-electron chi connectivity index (χ4n) is 1.42. The van der Waals surface area contributed by atoms with E-state index in [0.29, 0.717) is 0 Å². The van der Waals surface area contributed by atoms with Gasteiger partial charge in [-0.1, -0.05) is 0 Å². The molecule has 0 aliphatic heterocycles. The Balaban J connectivity index is 2.44. The summed E-state index contributed by atoms with van der Waals surface area (Å²) in [6.45, 7) is 0.469. The first-order chi connectivity index (χ1) is 9.52. The summed E-state index contributed by atoms with van der Waals surface area (Å²) in [6, 6.07) is 1.23. The molecule has 10 heteroatoms. The Morgan fingerprint density at radius 1 is 1.45 bits per heavy atom. The van der Waals surface area contributed by atoms with Crippen LogP contribution in [0.15, 0.2) is 21.9 Å². The minimum atomic E-state index is -2.69. The summed E-state index contributed by atoms with van der Waals surface area (Å²) in [4.78, 5) is 32.9. The third kappa shape index (κ3) is 6.18. The number of hydrogen-bond acceptors (Lipinski definition) is 6. The number of hydrogen-bond donors (Lipinski definition) is 2. The van der Waals surface area contributed by atoms with Crippen LogP contribution in [0.25, 0.3) is 0 Å². The zero-order chi connectivity index (χ0) is 15.0. The maximum Gasteiger partial charge on any atom is 0.694 e. The van der Waals surface area contributed by atoms with Crippen LogP contribution in [0, 0.1) is 0 Å². The normalized spacial score (nSPS) is 13.2. The molecule has 0 bridgehead atoms. The molecule has 0 radical (unpaired) electrons. The topological polar surface area (TPSA) is 120 Å². The highest BCUT2D eigenvalue weighted by atomic mass is 31.1. The fraction of sp³-hybridized carbons (Fsp3) is 0.600. The van der Waals surface area contributed by atoms with Crippen molar-refractivity contribution in [3.05, 3.63) is 33.1 Å². The molecule has 1 aromatic rings. The Morgan fingerprint density at radius 3 is 2.80 bits per heavy atom. The zero-order valence-corrected chi connectivity index (χ0v) is 11.7. The maximum absolute atomic E-state index is 11.4. The van der Waals surface area contributed by atoms with Crippen LogP contribution in [0.3, 0.4) is 0 Å². The number of H-pyrrole nitrogens is 1. The average Bonchev–Trinajstić information content (AvgIpc) is 2.38. The molecule has 0 aliphatic carbocycles. The third-order valence-corrected chi connectivity index (χ3v) is 2.68. The standard InChI is InChI=1S/C10H15N2O7P/c1-17-6-8(7-19-20(15)16)18-5-4-12-3-2-9(13)11-10(12)14/h2-3,8H,4-7H2,1H3,(H-,11,13,14,15,16)/p+1. The van der Waals surface area contributed by atoms with E-state index in [4.69, 9.17) is 14.4 Å². The molecule has 0 spiro atoms. The minimum absolute atomic E-state index is 0.0972. The lowest BCUT2D eigenvalue weighted by atomic mass is 10.4. The summed E-state index contributed by atoms with van der Waals surface area (Å²) in [5.41, 5.74) is -0.997. The molecule has 0 saturated heterocycles. The van der Waals surface area contributed by atoms with Gasteiger partial charge < -0.3 is 9.47 Å². The van der Waals surface area contributed by atoms with Crippen LogP contribution < -0.4 is 11.2 Å². The van der Waals surface area contributed by atoms with Gasteiger partial charge in [0.25, 0.3) is 5.56 Å². The molecule has 2 atom stereocenters. The molecule has 0 fully saturated rings. The van der Waals surface area contributed by atoms with Gasteiger partial charge in [0, 0.05) is 23.9 Å². The van der Waals surface area contributed by atoms with Crippen molar-refractivity contribution in [1.82, 2.24) is 9.55 Å². The van der Waals surface area contributed by atoms with Crippen molar-refractivity contribution in [1.29, 1.82) is 0 Å². The minimum Gasteiger partial charge on any atom is -0.382 e. The van der Waals surface area contributed by atoms with Gasteiger partial charge >= 0.3 is 13.9 Å². The van der Waals surface area contributed by atoms with Gasteiger partial charge in [-0.25, -0.2) is 4.79 Å². The lowest BCUT2D eigenvalue weighted by molar-refractivity contribution is -0.0286. The van der Waals surface area contributed by atoms with Crippen LogP contribution in [-0.2, 0) is 25.1 Å². The largest absolute Gasteiger partial charge is 0.694 e. The van der Waals surface area contributed by atoms with Crippen molar-refractivity contribution < 1.29 is 23.5 Å². The number of aromatic nitrogens is 2. The van der Waals surface area contributed by atoms with Gasteiger partial charge in [-0.05, 0) is 0 Å². The average molecular weight is 307 g/mol. The van der Waals surface area contributed by atoms with Gasteiger partial charge in [0.1, 0.15) is 12.7 Å². The predicted molar refractivity (Wildman–Crippen MR) is 68.7 cm³/mol. The second-order valence-corrected chi connectivity index (χ2v) is 4.52. The first-order valence-electron chi connectivity index (χ1n) is 5.72. The smallest absolute Gasteiger partial charge is 0.382 e. The Bertz CT molecular complexity index is 541. The Kier molecular flexibility index (Phi) is 7.27. The van der Waals surface area contributed by atoms with Gasteiger partial charge in [-0.3, -0.25) is 14.3 Å². The van der Waals surface area contributed by atoms with E-state index in [1.807, 2.05) is 0 Å². The van der Waals surface area contributed by atoms with Crippen LogP contribution in [0.4, 0.5) is 0 Å². The third-order valence-electron chi connectivity index (χ3n) is 2.31. The molecular formula is C10H16N2O7P+. The lowest BCUT2D eigenvalue weighted by Crippen LogP contribution is -2.31. The monoisotopic (exact) mass is 307 g/mol. The van der Waals surface area contributed by atoms with E-state index in [1.165, 1.54) is 23.9 Å². The van der Waals surface area contributed by atoms with E-state index < -0.39 is 25.6 Å². The Hall–Kier alpha value is -1.38. The molecule has 0 amide bonds. The van der Waals surface area contributed by atoms with Crippen LogP contribution in [-0.4, -0.2) is 47.5 Å². The first-order valence-corrected chi connectivity index (χ1v) is 6.85. The molecule has 1 heterocycles. The van der Waals surface area contributed by atoms with Crippen molar-refractivity contribution in [3.8, 4) is 0 Å². The molecular weight excluding hydrogens is 291 g/mol. The molecule has 0 saturated carbocycles. The highest BCUT2D eigenvalue weighted by Gasteiger charge is 2.18. The lowest BCUT2D eigenvalue weighted by Gasteiger charge is -2.14. The second-order valence-electron chi connectivity index (χ2n) is 3.79. The zero-order valence-electron chi connectivity index (χ0n) is 10.9. The SMILES string of the molecule is COCC(CO[P+](=O)O)OCCn1ccc(=O)[nH]c1=O. The van der Waals surface area contributed by atoms with Crippen molar-refractivity contribution in [2.24, 2.45) is 0 Å². The van der Waals surface area contributed by atoms with Gasteiger partial charge in [0.15, 0.2) is 0 Å². The van der Waals surface area contributed by atoms with Crippen molar-refractivity contribution in [3.63, 3.8) is 0 Å². The van der Waals surface area contributed by atoms with E-state index in [1.54, 1.807) is 0 Å². The summed E-state index contributed by atoms with van der Waals surface area (Å²) < 4.78 is 26.5. The van der Waals surface area contributed by atoms with Crippen molar-refractivity contribution in [2.45, 2.75) is 12.6 Å². The maximum atomic E-state index is 11.4. The quantitative estimate of drug-likeness (QED) is 0.575. The fourth-order valence-corrected chi connectivity index (χ4v) is 1.71. The number of rotatable bonds is 9. The van der Waals surface area contributed by atoms with E-state index >= 15 is 0 Å². The Labute approximate surface area is 115 Å². The summed E-state index contributed by atoms with van der Waals surface area (Å²) >= 11 is 0. The van der Waals surface area contributed by atoms with Crippen LogP contribution in [0.1, 0.15) is 0 Å². The van der Waals surface area contributed by atoms with Gasteiger partial charge in [0.05, 0.1) is 19.8 Å². The van der Waals surface area contributed by atoms with Crippen molar-refractivity contribution in [2.75, 3.05) is 26.9 Å². The predicted octanol–water partition coefficient (Wildman–Crippen LogP) is -0.765. The van der Waals surface area contributed by atoms with E-state index in [2.05, 4.69) is 9.51 Å². The summed E-state index contributed by atoms with van der Waals surface area (Å²) in [5.74, 6) is 0. The molecule has 112 valence electrons. The summed E-state index contributed by atoms with van der Waals surface area (Å²) in [5, 5.41) is 0. The number of nitrogens with one attached hydrogen (secondary N) is 1. The van der Waals surface area contributed by atoms with E-state index in [-0.39, 0.29) is 26.4 Å². The van der Waals surface area contributed by atoms with Crippen molar-refractivity contribution >= 4 is 8.25 Å². The molecule has 0 aromatic carbocycles. The van der Waals surface area contributed by atoms with Crippen LogP contribution >= 0.6 is 8.25 Å². The second kappa shape index (κ2) is 8.72. The Morgan fingerprint density at radius 2 is 2.20 bits per heavy atom. The molecule has 1 aromatic heterocycles. The van der Waals surface area contributed by atoms with Gasteiger partial charge in [0.2, 0.25) is 0 Å². The number of aromatic amines is 1.